The molecule has 1 aliphatic rings. The number of hydrogen-bond acceptors (Lipinski definition) is 4. The second-order valence-electron chi connectivity index (χ2n) is 3.88. The van der Waals surface area contributed by atoms with Crippen molar-refractivity contribution < 1.29 is 4.39 Å². The number of rotatable bonds is 1. The maximum absolute atomic E-state index is 14.4. The predicted octanol–water partition coefficient (Wildman–Crippen LogP) is 0.147. The molecule has 0 radical (unpaired) electrons. The zero-order valence-electron chi connectivity index (χ0n) is 8.37. The quantitative estimate of drug-likeness (QED) is 0.699. The Hall–Kier alpha value is -1.04. The predicted molar refractivity (Wildman–Crippen MR) is 48.3 cm³/mol. The highest BCUT2D eigenvalue weighted by Crippen LogP contribution is 2.34. The van der Waals surface area contributed by atoms with Crippen LogP contribution in [0.4, 0.5) is 4.39 Å². The van der Waals surface area contributed by atoms with Crippen molar-refractivity contribution in [1.82, 2.24) is 25.5 Å². The van der Waals surface area contributed by atoms with E-state index >= 15 is 0 Å². The topological polar surface area (TPSA) is 55.6 Å². The number of tetrazole rings is 1. The van der Waals surface area contributed by atoms with E-state index in [9.17, 15) is 4.39 Å². The molecule has 0 saturated carbocycles. The molecule has 0 aromatic carbocycles. The average Bonchev–Trinajstić information content (AvgIpc) is 2.52. The third-order valence-corrected chi connectivity index (χ3v) is 2.55. The van der Waals surface area contributed by atoms with Gasteiger partial charge in [-0.3, -0.25) is 0 Å². The molecule has 2 atom stereocenters. The van der Waals surface area contributed by atoms with Gasteiger partial charge in [0, 0.05) is 18.9 Å². The Morgan fingerprint density at radius 2 is 2.43 bits per heavy atom. The van der Waals surface area contributed by atoms with Gasteiger partial charge >= 0.3 is 0 Å². The fourth-order valence-corrected chi connectivity index (χ4v) is 1.84. The molecule has 5 nitrogen and oxygen atoms in total. The minimum absolute atomic E-state index is 0.164. The lowest BCUT2D eigenvalue weighted by Crippen LogP contribution is -2.43. The standard InChI is InChI=1S/C8H14FN5/c1-6-5-8(9,3-4-10-6)7-11-13-14(2)12-7/h6,10H,3-5H2,1-2H3. The lowest BCUT2D eigenvalue weighted by molar-refractivity contribution is 0.0843. The van der Waals surface area contributed by atoms with E-state index in [-0.39, 0.29) is 11.9 Å². The van der Waals surface area contributed by atoms with Crippen LogP contribution in [0.15, 0.2) is 0 Å². The molecule has 1 aromatic rings. The van der Waals surface area contributed by atoms with Crippen molar-refractivity contribution in [3.63, 3.8) is 0 Å². The van der Waals surface area contributed by atoms with Crippen LogP contribution in [-0.2, 0) is 12.7 Å². The van der Waals surface area contributed by atoms with Gasteiger partial charge in [0.25, 0.3) is 0 Å². The van der Waals surface area contributed by atoms with E-state index in [0.29, 0.717) is 19.4 Å². The molecule has 1 fully saturated rings. The Kier molecular flexibility index (Phi) is 2.22. The van der Waals surface area contributed by atoms with Gasteiger partial charge in [-0.05, 0) is 18.7 Å². The van der Waals surface area contributed by atoms with Crippen molar-refractivity contribution in [3.05, 3.63) is 5.82 Å². The molecule has 2 rings (SSSR count). The number of piperidine rings is 1. The van der Waals surface area contributed by atoms with Crippen LogP contribution in [-0.4, -0.2) is 32.8 Å². The van der Waals surface area contributed by atoms with E-state index in [1.807, 2.05) is 6.92 Å². The van der Waals surface area contributed by atoms with Crippen molar-refractivity contribution in [2.75, 3.05) is 6.54 Å². The van der Waals surface area contributed by atoms with Gasteiger partial charge in [0.2, 0.25) is 5.82 Å². The minimum atomic E-state index is -1.40. The normalized spacial score (nSPS) is 33.2. The van der Waals surface area contributed by atoms with Crippen LogP contribution in [0.25, 0.3) is 0 Å². The summed E-state index contributed by atoms with van der Waals surface area (Å²) >= 11 is 0. The van der Waals surface area contributed by atoms with Crippen LogP contribution in [0.5, 0.6) is 0 Å². The van der Waals surface area contributed by atoms with Crippen molar-refractivity contribution in [3.8, 4) is 0 Å². The summed E-state index contributed by atoms with van der Waals surface area (Å²) in [5.74, 6) is 0.216. The zero-order valence-corrected chi connectivity index (χ0v) is 8.37. The summed E-state index contributed by atoms with van der Waals surface area (Å²) < 4.78 is 14.4. The number of nitrogens with zero attached hydrogens (tertiary/aromatic N) is 4. The molecular weight excluding hydrogens is 185 g/mol. The van der Waals surface area contributed by atoms with Gasteiger partial charge in [-0.2, -0.15) is 4.80 Å². The van der Waals surface area contributed by atoms with Crippen LogP contribution in [0, 0.1) is 0 Å². The lowest BCUT2D eigenvalue weighted by atomic mass is 9.89. The summed E-state index contributed by atoms with van der Waals surface area (Å²) in [7, 11) is 1.64. The highest BCUT2D eigenvalue weighted by atomic mass is 19.1. The van der Waals surface area contributed by atoms with E-state index in [1.54, 1.807) is 7.05 Å². The SMILES string of the molecule is CC1CC(F)(c2nnn(C)n2)CCN1. The van der Waals surface area contributed by atoms with Crippen molar-refractivity contribution in [2.45, 2.75) is 31.5 Å². The van der Waals surface area contributed by atoms with Gasteiger partial charge in [0.1, 0.15) is 0 Å². The fourth-order valence-electron chi connectivity index (χ4n) is 1.84. The number of nitrogens with one attached hydrogen (secondary N) is 1. The fraction of sp³-hybridized carbons (Fsp3) is 0.875. The molecule has 0 aliphatic carbocycles. The largest absolute Gasteiger partial charge is 0.314 e. The summed E-state index contributed by atoms with van der Waals surface area (Å²) in [6.45, 7) is 2.62. The number of hydrogen-bond donors (Lipinski definition) is 1. The highest BCUT2D eigenvalue weighted by molar-refractivity contribution is 5.02. The van der Waals surface area contributed by atoms with Crippen LogP contribution in [0.3, 0.4) is 0 Å². The molecule has 78 valence electrons. The molecule has 1 N–H and O–H groups in total. The summed E-state index contributed by atoms with van der Waals surface area (Å²) in [6.07, 6.45) is 0.835. The summed E-state index contributed by atoms with van der Waals surface area (Å²) in [4.78, 5) is 1.30. The molecule has 14 heavy (non-hydrogen) atoms. The molecular formula is C8H14FN5. The molecule has 1 saturated heterocycles. The molecule has 0 amide bonds. The van der Waals surface area contributed by atoms with Crippen molar-refractivity contribution >= 4 is 0 Å². The summed E-state index contributed by atoms with van der Waals surface area (Å²) in [6, 6.07) is 0.164. The first-order valence-corrected chi connectivity index (χ1v) is 4.77. The Morgan fingerprint density at radius 1 is 1.64 bits per heavy atom. The van der Waals surface area contributed by atoms with Crippen LogP contribution >= 0.6 is 0 Å². The third-order valence-electron chi connectivity index (χ3n) is 2.55. The number of aryl methyl sites for hydroxylation is 1. The van der Waals surface area contributed by atoms with Gasteiger partial charge in [-0.1, -0.05) is 0 Å². The zero-order chi connectivity index (χ0) is 10.2. The Balaban J connectivity index is 2.22. The van der Waals surface area contributed by atoms with Gasteiger partial charge in [-0.25, -0.2) is 4.39 Å². The average molecular weight is 199 g/mol. The van der Waals surface area contributed by atoms with Gasteiger partial charge in [0.15, 0.2) is 5.67 Å². The molecule has 2 unspecified atom stereocenters. The van der Waals surface area contributed by atoms with Crippen LogP contribution < -0.4 is 5.32 Å². The monoisotopic (exact) mass is 199 g/mol. The van der Waals surface area contributed by atoms with Gasteiger partial charge in [0.05, 0.1) is 7.05 Å². The maximum Gasteiger partial charge on any atom is 0.211 e. The number of aromatic nitrogens is 4. The maximum atomic E-state index is 14.4. The van der Waals surface area contributed by atoms with Crippen molar-refractivity contribution in [1.29, 1.82) is 0 Å². The molecule has 6 heteroatoms. The van der Waals surface area contributed by atoms with Crippen LogP contribution in [0.1, 0.15) is 25.6 Å². The summed E-state index contributed by atoms with van der Waals surface area (Å²) in [5.41, 5.74) is -1.40. The van der Waals surface area contributed by atoms with Gasteiger partial charge in [-0.15, -0.1) is 10.2 Å². The second kappa shape index (κ2) is 3.27. The lowest BCUT2D eigenvalue weighted by Gasteiger charge is -2.31. The molecule has 2 heterocycles. The molecule has 1 aromatic heterocycles. The van der Waals surface area contributed by atoms with E-state index in [2.05, 4.69) is 20.7 Å². The molecule has 1 aliphatic heterocycles. The molecule has 0 bridgehead atoms. The Labute approximate surface area is 81.7 Å². The smallest absolute Gasteiger partial charge is 0.211 e. The van der Waals surface area contributed by atoms with E-state index < -0.39 is 5.67 Å². The van der Waals surface area contributed by atoms with Crippen LogP contribution in [0.2, 0.25) is 0 Å². The first kappa shape index (κ1) is 9.51. The Morgan fingerprint density at radius 3 is 3.00 bits per heavy atom. The van der Waals surface area contributed by atoms with Crippen molar-refractivity contribution in [2.24, 2.45) is 7.05 Å². The van der Waals surface area contributed by atoms with E-state index in [0.717, 1.165) is 0 Å². The number of alkyl halides is 1. The number of halogens is 1. The Bertz CT molecular complexity index is 325. The minimum Gasteiger partial charge on any atom is -0.314 e. The van der Waals surface area contributed by atoms with E-state index in [4.69, 9.17) is 0 Å². The van der Waals surface area contributed by atoms with E-state index in [1.165, 1.54) is 4.80 Å². The first-order chi connectivity index (χ1) is 6.60. The highest BCUT2D eigenvalue weighted by Gasteiger charge is 2.40. The third kappa shape index (κ3) is 1.61. The first-order valence-electron chi connectivity index (χ1n) is 4.77. The molecule has 0 spiro atoms. The van der Waals surface area contributed by atoms with Gasteiger partial charge < -0.3 is 5.32 Å². The second-order valence-corrected chi connectivity index (χ2v) is 3.88. The summed E-state index contributed by atoms with van der Waals surface area (Å²) in [5, 5.41) is 14.5.